The molecule has 2 rings (SSSR count). The van der Waals surface area contributed by atoms with Crippen molar-refractivity contribution in [2.75, 3.05) is 19.7 Å². The van der Waals surface area contributed by atoms with Crippen LogP contribution in [0.5, 0.6) is 5.75 Å². The molecule has 21 heavy (non-hydrogen) atoms. The summed E-state index contributed by atoms with van der Waals surface area (Å²) in [6.45, 7) is 3.53. The quantitative estimate of drug-likeness (QED) is 0.659. The summed E-state index contributed by atoms with van der Waals surface area (Å²) in [5, 5.41) is 5.43. The summed E-state index contributed by atoms with van der Waals surface area (Å²) >= 11 is 0. The number of carbonyl (C=O) groups excluding carboxylic acids is 2. The van der Waals surface area contributed by atoms with Crippen LogP contribution in [0.1, 0.15) is 28.8 Å². The average Bonchev–Trinajstić information content (AvgIpc) is 2.84. The van der Waals surface area contributed by atoms with E-state index in [0.29, 0.717) is 37.4 Å². The van der Waals surface area contributed by atoms with Gasteiger partial charge in [0.15, 0.2) is 0 Å². The topological polar surface area (TPSA) is 93.5 Å². The van der Waals surface area contributed by atoms with Crippen molar-refractivity contribution in [3.8, 4) is 5.75 Å². The Labute approximate surface area is 124 Å². The third kappa shape index (κ3) is 3.95. The maximum atomic E-state index is 12.3. The molecule has 6 nitrogen and oxygen atoms in total. The zero-order chi connectivity index (χ0) is 15.2. The summed E-state index contributed by atoms with van der Waals surface area (Å²) in [4.78, 5) is 23.8. The molecule has 1 aromatic carbocycles. The lowest BCUT2D eigenvalue weighted by Gasteiger charge is -2.14. The number of aryl methyl sites for hydroxylation is 1. The molecule has 1 aromatic rings. The standard InChI is InChI=1S/C15H21N3O3/c1-10-3-4-11(13(9-10)21-8-2-6-16)14(19)18-12-5-7-17-15(12)20/h3-4,9,12H,2,5-8,16H2,1H3,(H,17,20)(H,18,19)/t12-/m0/s1. The molecule has 4 N–H and O–H groups in total. The number of rotatable bonds is 6. The molecule has 0 radical (unpaired) electrons. The van der Waals surface area contributed by atoms with Gasteiger partial charge in [0.2, 0.25) is 5.91 Å². The zero-order valence-corrected chi connectivity index (χ0v) is 12.1. The molecule has 114 valence electrons. The van der Waals surface area contributed by atoms with Crippen LogP contribution >= 0.6 is 0 Å². The van der Waals surface area contributed by atoms with Crippen LogP contribution in [0.25, 0.3) is 0 Å². The molecule has 1 heterocycles. The van der Waals surface area contributed by atoms with E-state index in [1.807, 2.05) is 19.1 Å². The summed E-state index contributed by atoms with van der Waals surface area (Å²) in [7, 11) is 0. The second-order valence-electron chi connectivity index (χ2n) is 5.10. The van der Waals surface area contributed by atoms with Gasteiger partial charge in [-0.25, -0.2) is 0 Å². The van der Waals surface area contributed by atoms with Crippen LogP contribution in [0, 0.1) is 6.92 Å². The van der Waals surface area contributed by atoms with Crippen LogP contribution < -0.4 is 21.1 Å². The maximum Gasteiger partial charge on any atom is 0.255 e. The fraction of sp³-hybridized carbons (Fsp3) is 0.467. The Morgan fingerprint density at radius 1 is 1.52 bits per heavy atom. The minimum atomic E-state index is -0.462. The number of hydrogen-bond donors (Lipinski definition) is 3. The Morgan fingerprint density at radius 2 is 2.33 bits per heavy atom. The van der Waals surface area contributed by atoms with E-state index in [4.69, 9.17) is 10.5 Å². The van der Waals surface area contributed by atoms with E-state index < -0.39 is 6.04 Å². The lowest BCUT2D eigenvalue weighted by molar-refractivity contribution is -0.120. The number of amides is 2. The molecular formula is C15H21N3O3. The third-order valence-electron chi connectivity index (χ3n) is 3.34. The zero-order valence-electron chi connectivity index (χ0n) is 12.1. The van der Waals surface area contributed by atoms with Crippen LogP contribution in [0.3, 0.4) is 0 Å². The van der Waals surface area contributed by atoms with Crippen molar-refractivity contribution < 1.29 is 14.3 Å². The molecule has 1 aliphatic heterocycles. The Balaban J connectivity index is 2.09. The molecule has 6 heteroatoms. The largest absolute Gasteiger partial charge is 0.493 e. The predicted octanol–water partition coefficient (Wildman–Crippen LogP) is 0.341. The fourth-order valence-corrected chi connectivity index (χ4v) is 2.17. The summed E-state index contributed by atoms with van der Waals surface area (Å²) in [5.41, 5.74) is 6.89. The summed E-state index contributed by atoms with van der Waals surface area (Å²) in [6.07, 6.45) is 1.33. The molecule has 1 saturated heterocycles. The number of nitrogens with two attached hydrogens (primary N) is 1. The van der Waals surface area contributed by atoms with Crippen molar-refractivity contribution in [3.05, 3.63) is 29.3 Å². The molecular weight excluding hydrogens is 270 g/mol. The van der Waals surface area contributed by atoms with Crippen LogP contribution in [-0.4, -0.2) is 37.6 Å². The number of hydrogen-bond acceptors (Lipinski definition) is 4. The van der Waals surface area contributed by atoms with E-state index >= 15 is 0 Å². The van der Waals surface area contributed by atoms with Crippen molar-refractivity contribution >= 4 is 11.8 Å². The van der Waals surface area contributed by atoms with Crippen molar-refractivity contribution in [3.63, 3.8) is 0 Å². The van der Waals surface area contributed by atoms with Gasteiger partial charge in [-0.3, -0.25) is 9.59 Å². The number of nitrogens with one attached hydrogen (secondary N) is 2. The first-order valence-electron chi connectivity index (χ1n) is 7.14. The molecule has 1 aliphatic rings. The van der Waals surface area contributed by atoms with Gasteiger partial charge in [0, 0.05) is 6.54 Å². The van der Waals surface area contributed by atoms with E-state index in [9.17, 15) is 9.59 Å². The van der Waals surface area contributed by atoms with Crippen LogP contribution in [-0.2, 0) is 4.79 Å². The first-order valence-corrected chi connectivity index (χ1v) is 7.14. The van der Waals surface area contributed by atoms with Gasteiger partial charge >= 0.3 is 0 Å². The average molecular weight is 291 g/mol. The molecule has 1 atom stereocenters. The fourth-order valence-electron chi connectivity index (χ4n) is 2.17. The molecule has 0 aliphatic carbocycles. The molecule has 2 amide bonds. The summed E-state index contributed by atoms with van der Waals surface area (Å²) in [5.74, 6) is 0.0974. The Kier molecular flexibility index (Phi) is 5.16. The number of ether oxygens (including phenoxy) is 1. The van der Waals surface area contributed by atoms with Crippen LogP contribution in [0.4, 0.5) is 0 Å². The highest BCUT2D eigenvalue weighted by atomic mass is 16.5. The minimum absolute atomic E-state index is 0.138. The second kappa shape index (κ2) is 7.08. The highest BCUT2D eigenvalue weighted by Crippen LogP contribution is 2.21. The Bertz CT molecular complexity index is 531. The number of carbonyl (C=O) groups is 2. The third-order valence-corrected chi connectivity index (χ3v) is 3.34. The smallest absolute Gasteiger partial charge is 0.255 e. The second-order valence-corrected chi connectivity index (χ2v) is 5.10. The van der Waals surface area contributed by atoms with Crippen molar-refractivity contribution in [2.45, 2.75) is 25.8 Å². The van der Waals surface area contributed by atoms with E-state index in [1.165, 1.54) is 0 Å². The van der Waals surface area contributed by atoms with Gasteiger partial charge < -0.3 is 21.1 Å². The van der Waals surface area contributed by atoms with E-state index in [0.717, 1.165) is 12.0 Å². The SMILES string of the molecule is Cc1ccc(C(=O)N[C@H]2CCNC2=O)c(OCCCN)c1. The molecule has 0 unspecified atom stereocenters. The summed E-state index contributed by atoms with van der Waals surface area (Å²) in [6, 6.07) is 4.92. The molecule has 1 fully saturated rings. The van der Waals surface area contributed by atoms with Crippen molar-refractivity contribution in [2.24, 2.45) is 5.73 Å². The van der Waals surface area contributed by atoms with E-state index in [2.05, 4.69) is 10.6 Å². The molecule has 0 saturated carbocycles. The minimum Gasteiger partial charge on any atom is -0.493 e. The van der Waals surface area contributed by atoms with Crippen molar-refractivity contribution in [1.82, 2.24) is 10.6 Å². The lowest BCUT2D eigenvalue weighted by Crippen LogP contribution is -2.40. The van der Waals surface area contributed by atoms with Gasteiger partial charge in [0.05, 0.1) is 12.2 Å². The van der Waals surface area contributed by atoms with E-state index in [-0.39, 0.29) is 11.8 Å². The lowest BCUT2D eigenvalue weighted by atomic mass is 10.1. The van der Waals surface area contributed by atoms with Gasteiger partial charge in [0.1, 0.15) is 11.8 Å². The summed E-state index contributed by atoms with van der Waals surface area (Å²) < 4.78 is 5.63. The van der Waals surface area contributed by atoms with Crippen LogP contribution in [0.15, 0.2) is 18.2 Å². The molecule has 0 spiro atoms. The van der Waals surface area contributed by atoms with E-state index in [1.54, 1.807) is 6.07 Å². The molecule has 0 bridgehead atoms. The highest BCUT2D eigenvalue weighted by molar-refractivity contribution is 6.00. The Hall–Kier alpha value is -2.08. The van der Waals surface area contributed by atoms with Gasteiger partial charge in [-0.15, -0.1) is 0 Å². The number of benzene rings is 1. The normalized spacial score (nSPS) is 17.4. The van der Waals surface area contributed by atoms with Gasteiger partial charge in [0.25, 0.3) is 5.91 Å². The highest BCUT2D eigenvalue weighted by Gasteiger charge is 2.26. The van der Waals surface area contributed by atoms with Gasteiger partial charge in [-0.2, -0.15) is 0 Å². The molecule has 0 aromatic heterocycles. The monoisotopic (exact) mass is 291 g/mol. The predicted molar refractivity (Wildman–Crippen MR) is 79.2 cm³/mol. The van der Waals surface area contributed by atoms with Gasteiger partial charge in [-0.05, 0) is 44.0 Å². The van der Waals surface area contributed by atoms with Crippen LogP contribution in [0.2, 0.25) is 0 Å². The van der Waals surface area contributed by atoms with Crippen molar-refractivity contribution in [1.29, 1.82) is 0 Å². The Morgan fingerprint density at radius 3 is 3.00 bits per heavy atom. The van der Waals surface area contributed by atoms with Gasteiger partial charge in [-0.1, -0.05) is 6.07 Å². The first kappa shape index (κ1) is 15.3. The maximum absolute atomic E-state index is 12.3. The first-order chi connectivity index (χ1) is 10.1.